The summed E-state index contributed by atoms with van der Waals surface area (Å²) in [5.41, 5.74) is 2.87. The van der Waals surface area contributed by atoms with Crippen LogP contribution >= 0.6 is 0 Å². The van der Waals surface area contributed by atoms with Crippen molar-refractivity contribution >= 4 is 5.91 Å². The fourth-order valence-corrected chi connectivity index (χ4v) is 2.42. The zero-order chi connectivity index (χ0) is 13.0. The van der Waals surface area contributed by atoms with Gasteiger partial charge in [-0.1, -0.05) is 6.42 Å². The average Bonchev–Trinajstić information content (AvgIpc) is 2.86. The number of piperidine rings is 1. The Hall–Kier alpha value is -1.37. The number of aliphatic hydroxyl groups is 1. The highest BCUT2D eigenvalue weighted by Crippen LogP contribution is 2.21. The number of nitrogens with zero attached hydrogens (tertiary/aromatic N) is 1. The number of furan rings is 1. The standard InChI is InChI=1S/C12H19N3O3/c13-14-12(17)11-9(4-6-18-11)7-15-5-2-1-3-10(15)8-16/h4,6,10,16H,1-3,5,7-8,13H2,(H,14,17). The van der Waals surface area contributed by atoms with Crippen LogP contribution in [0.15, 0.2) is 16.7 Å². The molecule has 0 saturated carbocycles. The second-order valence-electron chi connectivity index (χ2n) is 4.55. The van der Waals surface area contributed by atoms with Gasteiger partial charge in [0.25, 0.3) is 0 Å². The van der Waals surface area contributed by atoms with E-state index < -0.39 is 5.91 Å². The molecule has 1 fully saturated rings. The molecule has 6 heteroatoms. The number of amides is 1. The lowest BCUT2D eigenvalue weighted by Crippen LogP contribution is -2.41. The third-order valence-corrected chi connectivity index (χ3v) is 3.42. The molecule has 1 amide bonds. The van der Waals surface area contributed by atoms with Gasteiger partial charge in [0, 0.05) is 18.2 Å². The lowest BCUT2D eigenvalue weighted by Gasteiger charge is -2.34. The second kappa shape index (κ2) is 5.99. The Balaban J connectivity index is 2.08. The van der Waals surface area contributed by atoms with E-state index in [1.807, 2.05) is 0 Å². The molecule has 0 radical (unpaired) electrons. The minimum Gasteiger partial charge on any atom is -0.459 e. The first kappa shape index (κ1) is 13.1. The maximum Gasteiger partial charge on any atom is 0.301 e. The number of rotatable bonds is 4. The van der Waals surface area contributed by atoms with Crippen molar-refractivity contribution in [1.29, 1.82) is 0 Å². The fraction of sp³-hybridized carbons (Fsp3) is 0.583. The number of hydrazine groups is 1. The van der Waals surface area contributed by atoms with E-state index in [1.54, 1.807) is 6.07 Å². The SMILES string of the molecule is NNC(=O)c1occc1CN1CCCCC1CO. The number of likely N-dealkylation sites (tertiary alicyclic amines) is 1. The van der Waals surface area contributed by atoms with Crippen LogP contribution in [0.1, 0.15) is 35.4 Å². The molecule has 1 aliphatic heterocycles. The smallest absolute Gasteiger partial charge is 0.301 e. The molecule has 6 nitrogen and oxygen atoms in total. The first-order chi connectivity index (χ1) is 8.76. The Morgan fingerprint density at radius 3 is 3.17 bits per heavy atom. The van der Waals surface area contributed by atoms with Crippen LogP contribution in [0, 0.1) is 0 Å². The molecule has 1 unspecified atom stereocenters. The van der Waals surface area contributed by atoms with Gasteiger partial charge < -0.3 is 9.52 Å². The molecule has 4 N–H and O–H groups in total. The molecule has 1 atom stereocenters. The van der Waals surface area contributed by atoms with E-state index in [4.69, 9.17) is 10.3 Å². The highest BCUT2D eigenvalue weighted by molar-refractivity contribution is 5.92. The normalized spacial score (nSPS) is 20.9. The highest BCUT2D eigenvalue weighted by atomic mass is 16.3. The number of nitrogens with two attached hydrogens (primary N) is 1. The van der Waals surface area contributed by atoms with Crippen LogP contribution in [-0.4, -0.2) is 35.1 Å². The Labute approximate surface area is 106 Å². The van der Waals surface area contributed by atoms with Gasteiger partial charge in [0.1, 0.15) is 0 Å². The third kappa shape index (κ3) is 2.72. The minimum atomic E-state index is -0.424. The maximum atomic E-state index is 11.5. The summed E-state index contributed by atoms with van der Waals surface area (Å²) >= 11 is 0. The van der Waals surface area contributed by atoms with Gasteiger partial charge in [-0.3, -0.25) is 15.1 Å². The van der Waals surface area contributed by atoms with Gasteiger partial charge in [0.15, 0.2) is 5.76 Å². The van der Waals surface area contributed by atoms with E-state index in [9.17, 15) is 9.90 Å². The summed E-state index contributed by atoms with van der Waals surface area (Å²) in [6.07, 6.45) is 4.74. The van der Waals surface area contributed by atoms with Crippen molar-refractivity contribution in [2.75, 3.05) is 13.2 Å². The average molecular weight is 253 g/mol. The monoisotopic (exact) mass is 253 g/mol. The predicted octanol–water partition coefficient (Wildman–Crippen LogP) is 0.230. The lowest BCUT2D eigenvalue weighted by molar-refractivity contribution is 0.0821. The van der Waals surface area contributed by atoms with Crippen molar-refractivity contribution < 1.29 is 14.3 Å². The summed E-state index contributed by atoms with van der Waals surface area (Å²) < 4.78 is 5.15. The number of hydrogen-bond donors (Lipinski definition) is 3. The quantitative estimate of drug-likeness (QED) is 0.406. The Bertz CT molecular complexity index is 405. The van der Waals surface area contributed by atoms with Gasteiger partial charge in [0.2, 0.25) is 0 Å². The molecule has 1 aliphatic rings. The van der Waals surface area contributed by atoms with Gasteiger partial charge >= 0.3 is 5.91 Å². The van der Waals surface area contributed by atoms with Gasteiger partial charge in [0.05, 0.1) is 12.9 Å². The number of hydrogen-bond acceptors (Lipinski definition) is 5. The van der Waals surface area contributed by atoms with E-state index >= 15 is 0 Å². The fourth-order valence-electron chi connectivity index (χ4n) is 2.42. The maximum absolute atomic E-state index is 11.5. The summed E-state index contributed by atoms with van der Waals surface area (Å²) in [5, 5.41) is 9.35. The van der Waals surface area contributed by atoms with Crippen molar-refractivity contribution in [1.82, 2.24) is 10.3 Å². The molecule has 0 spiro atoms. The van der Waals surface area contributed by atoms with E-state index in [0.717, 1.165) is 31.4 Å². The zero-order valence-corrected chi connectivity index (χ0v) is 10.3. The zero-order valence-electron chi connectivity index (χ0n) is 10.3. The van der Waals surface area contributed by atoms with Crippen molar-refractivity contribution in [3.05, 3.63) is 23.7 Å². The molecule has 1 aromatic heterocycles. The second-order valence-corrected chi connectivity index (χ2v) is 4.55. The Morgan fingerprint density at radius 2 is 2.44 bits per heavy atom. The summed E-state index contributed by atoms with van der Waals surface area (Å²) in [6, 6.07) is 1.94. The molecule has 0 aliphatic carbocycles. The first-order valence-corrected chi connectivity index (χ1v) is 6.18. The number of nitrogen functional groups attached to an aromatic ring is 1. The summed E-state index contributed by atoms with van der Waals surface area (Å²) in [4.78, 5) is 13.7. The van der Waals surface area contributed by atoms with Gasteiger partial charge in [-0.15, -0.1) is 0 Å². The Kier molecular flexibility index (Phi) is 4.35. The first-order valence-electron chi connectivity index (χ1n) is 6.18. The molecule has 0 aromatic carbocycles. The topological polar surface area (TPSA) is 91.7 Å². The summed E-state index contributed by atoms with van der Waals surface area (Å²) in [7, 11) is 0. The van der Waals surface area contributed by atoms with E-state index in [1.165, 1.54) is 6.26 Å². The molecule has 1 saturated heterocycles. The van der Waals surface area contributed by atoms with Crippen molar-refractivity contribution in [2.24, 2.45) is 5.84 Å². The lowest BCUT2D eigenvalue weighted by atomic mass is 10.0. The molecule has 0 bridgehead atoms. The molecule has 18 heavy (non-hydrogen) atoms. The number of nitrogens with one attached hydrogen (secondary N) is 1. The molecule has 2 rings (SSSR count). The van der Waals surface area contributed by atoms with Gasteiger partial charge in [-0.25, -0.2) is 5.84 Å². The van der Waals surface area contributed by atoms with Crippen LogP contribution in [-0.2, 0) is 6.54 Å². The van der Waals surface area contributed by atoms with Crippen LogP contribution in [0.3, 0.4) is 0 Å². The number of aliphatic hydroxyl groups excluding tert-OH is 1. The van der Waals surface area contributed by atoms with Crippen LogP contribution in [0.25, 0.3) is 0 Å². The summed E-state index contributed by atoms with van der Waals surface area (Å²) in [5.74, 6) is 4.93. The van der Waals surface area contributed by atoms with Crippen molar-refractivity contribution in [2.45, 2.75) is 31.8 Å². The minimum absolute atomic E-state index is 0.149. The van der Waals surface area contributed by atoms with Gasteiger partial charge in [-0.2, -0.15) is 0 Å². The molecule has 2 heterocycles. The van der Waals surface area contributed by atoms with Crippen molar-refractivity contribution in [3.8, 4) is 0 Å². The molecule has 1 aromatic rings. The van der Waals surface area contributed by atoms with Crippen LogP contribution in [0.4, 0.5) is 0 Å². The van der Waals surface area contributed by atoms with Crippen molar-refractivity contribution in [3.63, 3.8) is 0 Å². The summed E-state index contributed by atoms with van der Waals surface area (Å²) in [6.45, 7) is 1.68. The molecular formula is C12H19N3O3. The highest BCUT2D eigenvalue weighted by Gasteiger charge is 2.24. The number of carbonyl (C=O) groups is 1. The van der Waals surface area contributed by atoms with E-state index in [-0.39, 0.29) is 18.4 Å². The van der Waals surface area contributed by atoms with E-state index in [0.29, 0.717) is 6.54 Å². The molecular weight excluding hydrogens is 234 g/mol. The molecule has 100 valence electrons. The van der Waals surface area contributed by atoms with Crippen LogP contribution in [0.5, 0.6) is 0 Å². The van der Waals surface area contributed by atoms with Crippen LogP contribution < -0.4 is 11.3 Å². The predicted molar refractivity (Wildman–Crippen MR) is 65.5 cm³/mol. The number of carbonyl (C=O) groups excluding carboxylic acids is 1. The Morgan fingerprint density at radius 1 is 1.61 bits per heavy atom. The van der Waals surface area contributed by atoms with Crippen LogP contribution in [0.2, 0.25) is 0 Å². The third-order valence-electron chi connectivity index (χ3n) is 3.42. The van der Waals surface area contributed by atoms with E-state index in [2.05, 4.69) is 10.3 Å². The van der Waals surface area contributed by atoms with Gasteiger partial charge in [-0.05, 0) is 25.5 Å². The largest absolute Gasteiger partial charge is 0.459 e.